The van der Waals surface area contributed by atoms with Crippen LogP contribution in [0.5, 0.6) is 0 Å². The summed E-state index contributed by atoms with van der Waals surface area (Å²) in [6.07, 6.45) is 2.85. The minimum absolute atomic E-state index is 0.0660. The Labute approximate surface area is 177 Å². The summed E-state index contributed by atoms with van der Waals surface area (Å²) in [7, 11) is 0. The van der Waals surface area contributed by atoms with Gasteiger partial charge in [-0.15, -0.1) is 0 Å². The van der Waals surface area contributed by atoms with Crippen molar-refractivity contribution in [3.05, 3.63) is 71.9 Å². The van der Waals surface area contributed by atoms with E-state index in [0.717, 1.165) is 23.2 Å². The molecule has 2 aromatic carbocycles. The predicted octanol–water partition coefficient (Wildman–Crippen LogP) is 3.88. The van der Waals surface area contributed by atoms with Gasteiger partial charge >= 0.3 is 0 Å². The molecule has 1 heterocycles. The molecule has 0 aliphatic heterocycles. The van der Waals surface area contributed by atoms with Gasteiger partial charge in [0.05, 0.1) is 11.3 Å². The minimum Gasteiger partial charge on any atom is -0.354 e. The van der Waals surface area contributed by atoms with Crippen molar-refractivity contribution in [2.75, 3.05) is 6.54 Å². The van der Waals surface area contributed by atoms with E-state index in [4.69, 9.17) is 5.10 Å². The maximum Gasteiger partial charge on any atom is 0.255 e. The topological polar surface area (TPSA) is 76.0 Å². The monoisotopic (exact) mass is 404 g/mol. The van der Waals surface area contributed by atoms with Gasteiger partial charge in [-0.2, -0.15) is 5.10 Å². The Kier molecular flexibility index (Phi) is 7.01. The van der Waals surface area contributed by atoms with Crippen LogP contribution in [0.1, 0.15) is 42.6 Å². The zero-order valence-electron chi connectivity index (χ0n) is 17.7. The number of carbonyl (C=O) groups excluding carboxylic acids is 2. The highest BCUT2D eigenvalue weighted by Gasteiger charge is 2.20. The first-order chi connectivity index (χ1) is 14.5. The lowest BCUT2D eigenvalue weighted by atomic mass is 10.0. The van der Waals surface area contributed by atoms with Crippen molar-refractivity contribution in [1.82, 2.24) is 20.4 Å². The van der Waals surface area contributed by atoms with Gasteiger partial charge in [0.15, 0.2) is 0 Å². The fraction of sp³-hybridized carbons (Fsp3) is 0.292. The summed E-state index contributed by atoms with van der Waals surface area (Å²) in [6.45, 7) is 6.25. The number of carbonyl (C=O) groups is 2. The third kappa shape index (κ3) is 5.14. The molecule has 0 bridgehead atoms. The van der Waals surface area contributed by atoms with Crippen molar-refractivity contribution in [2.45, 2.75) is 39.7 Å². The molecule has 0 spiro atoms. The first-order valence-corrected chi connectivity index (χ1v) is 10.3. The number of rotatable bonds is 8. The Balaban J connectivity index is 1.82. The molecular formula is C24H28N4O2. The number of benzene rings is 2. The lowest BCUT2D eigenvalue weighted by Gasteiger charge is -2.11. The van der Waals surface area contributed by atoms with Crippen LogP contribution in [-0.4, -0.2) is 34.2 Å². The molecular weight excluding hydrogens is 376 g/mol. The molecule has 0 saturated carbocycles. The highest BCUT2D eigenvalue weighted by molar-refractivity contribution is 6.00. The van der Waals surface area contributed by atoms with E-state index in [9.17, 15) is 9.59 Å². The van der Waals surface area contributed by atoms with Crippen molar-refractivity contribution in [1.29, 1.82) is 0 Å². The third-order valence-corrected chi connectivity index (χ3v) is 5.04. The largest absolute Gasteiger partial charge is 0.354 e. The van der Waals surface area contributed by atoms with Crippen molar-refractivity contribution >= 4 is 11.8 Å². The molecule has 1 unspecified atom stereocenters. The lowest BCUT2D eigenvalue weighted by Crippen LogP contribution is -2.35. The minimum atomic E-state index is -0.244. The van der Waals surface area contributed by atoms with E-state index in [1.165, 1.54) is 0 Å². The van der Waals surface area contributed by atoms with Gasteiger partial charge in [0.1, 0.15) is 5.69 Å². The number of aryl methyl sites for hydroxylation is 1. The van der Waals surface area contributed by atoms with Crippen LogP contribution >= 0.6 is 0 Å². The summed E-state index contributed by atoms with van der Waals surface area (Å²) in [6, 6.07) is 17.7. The molecule has 2 amide bonds. The summed E-state index contributed by atoms with van der Waals surface area (Å²) < 4.78 is 1.71. The van der Waals surface area contributed by atoms with E-state index in [1.54, 1.807) is 10.9 Å². The zero-order valence-corrected chi connectivity index (χ0v) is 17.7. The Hall–Kier alpha value is -3.41. The van der Waals surface area contributed by atoms with Crippen molar-refractivity contribution < 1.29 is 9.59 Å². The van der Waals surface area contributed by atoms with E-state index in [-0.39, 0.29) is 30.8 Å². The van der Waals surface area contributed by atoms with Crippen LogP contribution in [-0.2, 0) is 4.79 Å². The standard InChI is InChI=1S/C24H28N4O2/c1-4-18(3)26-22(29)14-15-25-24(30)21-16-28(19-11-6-5-7-12-19)27-23(21)20-13-9-8-10-17(20)2/h5-13,16,18H,4,14-15H2,1-3H3,(H,25,30)(H,26,29). The third-order valence-electron chi connectivity index (χ3n) is 5.04. The molecule has 0 saturated heterocycles. The number of aromatic nitrogens is 2. The summed E-state index contributed by atoms with van der Waals surface area (Å²) in [5, 5.41) is 10.5. The molecule has 1 aromatic heterocycles. The molecule has 6 heteroatoms. The molecule has 0 radical (unpaired) electrons. The Morgan fingerprint density at radius 1 is 1.07 bits per heavy atom. The summed E-state index contributed by atoms with van der Waals surface area (Å²) in [4.78, 5) is 24.9. The molecule has 3 rings (SSSR count). The van der Waals surface area contributed by atoms with Gasteiger partial charge in [0.25, 0.3) is 5.91 Å². The normalized spacial score (nSPS) is 11.7. The molecule has 0 fully saturated rings. The summed E-state index contributed by atoms with van der Waals surface area (Å²) in [5.41, 5.74) is 3.93. The van der Waals surface area contributed by atoms with Crippen LogP contribution in [0.3, 0.4) is 0 Å². The Bertz CT molecular complexity index is 1010. The Morgan fingerprint density at radius 2 is 1.77 bits per heavy atom. The van der Waals surface area contributed by atoms with Crippen LogP contribution < -0.4 is 10.6 Å². The van der Waals surface area contributed by atoms with E-state index >= 15 is 0 Å². The van der Waals surface area contributed by atoms with E-state index in [2.05, 4.69) is 10.6 Å². The zero-order chi connectivity index (χ0) is 21.5. The van der Waals surface area contributed by atoms with Crippen LogP contribution in [0.2, 0.25) is 0 Å². The average Bonchev–Trinajstić information content (AvgIpc) is 3.20. The molecule has 0 aliphatic carbocycles. The predicted molar refractivity (Wildman–Crippen MR) is 119 cm³/mol. The fourth-order valence-corrected chi connectivity index (χ4v) is 3.12. The van der Waals surface area contributed by atoms with E-state index in [0.29, 0.717) is 11.3 Å². The maximum atomic E-state index is 13.0. The van der Waals surface area contributed by atoms with E-state index < -0.39 is 0 Å². The van der Waals surface area contributed by atoms with Gasteiger partial charge < -0.3 is 10.6 Å². The quantitative estimate of drug-likeness (QED) is 0.598. The van der Waals surface area contributed by atoms with Crippen molar-refractivity contribution in [2.24, 2.45) is 0 Å². The first kappa shape index (κ1) is 21.3. The van der Waals surface area contributed by atoms with Gasteiger partial charge in [-0.3, -0.25) is 9.59 Å². The second-order valence-corrected chi connectivity index (χ2v) is 7.37. The summed E-state index contributed by atoms with van der Waals surface area (Å²) in [5.74, 6) is -0.310. The fourth-order valence-electron chi connectivity index (χ4n) is 3.12. The van der Waals surface area contributed by atoms with Crippen molar-refractivity contribution in [3.63, 3.8) is 0 Å². The van der Waals surface area contributed by atoms with Crippen molar-refractivity contribution in [3.8, 4) is 16.9 Å². The van der Waals surface area contributed by atoms with E-state index in [1.807, 2.05) is 75.4 Å². The first-order valence-electron chi connectivity index (χ1n) is 10.3. The Morgan fingerprint density at radius 3 is 2.47 bits per heavy atom. The number of hydrogen-bond donors (Lipinski definition) is 2. The highest BCUT2D eigenvalue weighted by Crippen LogP contribution is 2.26. The molecule has 0 aliphatic rings. The number of nitrogens with one attached hydrogen (secondary N) is 2. The number of nitrogens with zero attached hydrogens (tertiary/aromatic N) is 2. The van der Waals surface area contributed by atoms with Gasteiger partial charge in [0, 0.05) is 30.8 Å². The lowest BCUT2D eigenvalue weighted by molar-refractivity contribution is -0.121. The van der Waals surface area contributed by atoms with Gasteiger partial charge in [-0.05, 0) is 38.0 Å². The SMILES string of the molecule is CCC(C)NC(=O)CCNC(=O)c1cn(-c2ccccc2)nc1-c1ccccc1C. The molecule has 3 aromatic rings. The number of amides is 2. The molecule has 30 heavy (non-hydrogen) atoms. The molecule has 156 valence electrons. The van der Waals surface area contributed by atoms with Crippen LogP contribution in [0.4, 0.5) is 0 Å². The molecule has 1 atom stereocenters. The van der Waals surface area contributed by atoms with Gasteiger partial charge in [-0.1, -0.05) is 49.4 Å². The maximum absolute atomic E-state index is 13.0. The smallest absolute Gasteiger partial charge is 0.255 e. The molecule has 6 nitrogen and oxygen atoms in total. The number of hydrogen-bond acceptors (Lipinski definition) is 3. The second kappa shape index (κ2) is 9.87. The molecule has 2 N–H and O–H groups in total. The van der Waals surface area contributed by atoms with Crippen LogP contribution in [0, 0.1) is 6.92 Å². The summed E-state index contributed by atoms with van der Waals surface area (Å²) >= 11 is 0. The van der Waals surface area contributed by atoms with Crippen LogP contribution in [0.25, 0.3) is 16.9 Å². The number of para-hydroxylation sites is 1. The van der Waals surface area contributed by atoms with Gasteiger partial charge in [0.2, 0.25) is 5.91 Å². The highest BCUT2D eigenvalue weighted by atomic mass is 16.2. The average molecular weight is 405 g/mol. The van der Waals surface area contributed by atoms with Crippen LogP contribution in [0.15, 0.2) is 60.8 Å². The van der Waals surface area contributed by atoms with Gasteiger partial charge in [-0.25, -0.2) is 4.68 Å². The second-order valence-electron chi connectivity index (χ2n) is 7.37.